The van der Waals surface area contributed by atoms with Crippen molar-refractivity contribution >= 4 is 17.3 Å². The quantitative estimate of drug-likeness (QED) is 0.781. The zero-order chi connectivity index (χ0) is 17.1. The average molecular weight is 332 g/mol. The van der Waals surface area contributed by atoms with E-state index in [9.17, 15) is 4.79 Å². The van der Waals surface area contributed by atoms with Gasteiger partial charge in [0.15, 0.2) is 0 Å². The van der Waals surface area contributed by atoms with Gasteiger partial charge in [0.05, 0.1) is 6.33 Å². The third-order valence-corrected chi connectivity index (χ3v) is 4.48. The highest BCUT2D eigenvalue weighted by Crippen LogP contribution is 2.28. The normalized spacial score (nSPS) is 12.9. The molecule has 0 radical (unpaired) electrons. The third-order valence-electron chi connectivity index (χ3n) is 4.48. The zero-order valence-corrected chi connectivity index (χ0v) is 13.9. The average Bonchev–Trinajstić information content (AvgIpc) is 3.27. The summed E-state index contributed by atoms with van der Waals surface area (Å²) in [6, 6.07) is 16.7. The van der Waals surface area contributed by atoms with E-state index in [2.05, 4.69) is 51.6 Å². The van der Waals surface area contributed by atoms with Gasteiger partial charge in [0.1, 0.15) is 6.54 Å². The third kappa shape index (κ3) is 3.55. The molecule has 3 aromatic rings. The molecule has 0 saturated heterocycles. The highest BCUT2D eigenvalue weighted by molar-refractivity contribution is 5.90. The van der Waals surface area contributed by atoms with E-state index in [1.807, 2.05) is 12.1 Å². The Morgan fingerprint density at radius 2 is 1.96 bits per heavy atom. The van der Waals surface area contributed by atoms with Crippen LogP contribution in [0.2, 0.25) is 0 Å². The van der Waals surface area contributed by atoms with Crippen LogP contribution in [0.5, 0.6) is 0 Å². The topological polar surface area (TPSA) is 50.2 Å². The number of fused-ring (bicyclic) bond motifs is 1. The summed E-state index contributed by atoms with van der Waals surface area (Å²) in [7, 11) is 0. The highest BCUT2D eigenvalue weighted by Gasteiger charge is 2.18. The number of hydrogen-bond acceptors (Lipinski definition) is 3. The Bertz CT molecular complexity index is 856. The predicted molar refractivity (Wildman–Crippen MR) is 98.5 cm³/mol. The first kappa shape index (κ1) is 15.4. The number of carbonyl (C=O) groups is 1. The Kier molecular flexibility index (Phi) is 4.21. The molecule has 5 nitrogen and oxygen atoms in total. The minimum atomic E-state index is -0.0563. The molecule has 0 fully saturated rings. The van der Waals surface area contributed by atoms with Crippen LogP contribution in [0.1, 0.15) is 11.1 Å². The van der Waals surface area contributed by atoms with Gasteiger partial charge >= 0.3 is 0 Å². The number of carbonyl (C=O) groups excluding carboxylic acids is 1. The Hall–Kier alpha value is -3.08. The van der Waals surface area contributed by atoms with E-state index in [-0.39, 0.29) is 12.5 Å². The van der Waals surface area contributed by atoms with Gasteiger partial charge in [-0.15, -0.1) is 0 Å². The van der Waals surface area contributed by atoms with Crippen LogP contribution in [0, 0.1) is 0 Å². The number of benzene rings is 2. The summed E-state index contributed by atoms with van der Waals surface area (Å²) in [4.78, 5) is 18.4. The largest absolute Gasteiger partial charge is 0.367 e. The monoisotopic (exact) mass is 332 g/mol. The SMILES string of the molecule is O=C(Cn1ccnc1)Nc1ccc(CN2CCc3ccccc32)cc1. The van der Waals surface area contributed by atoms with Gasteiger partial charge in [0, 0.05) is 36.9 Å². The fraction of sp³-hybridized carbons (Fsp3) is 0.200. The van der Waals surface area contributed by atoms with Gasteiger partial charge in [0.25, 0.3) is 0 Å². The summed E-state index contributed by atoms with van der Waals surface area (Å²) in [6.45, 7) is 2.22. The van der Waals surface area contributed by atoms with Crippen LogP contribution in [0.25, 0.3) is 0 Å². The lowest BCUT2D eigenvalue weighted by atomic mass is 10.1. The molecule has 25 heavy (non-hydrogen) atoms. The zero-order valence-electron chi connectivity index (χ0n) is 13.9. The predicted octanol–water partition coefficient (Wildman–Crippen LogP) is 3.08. The standard InChI is InChI=1S/C20H20N4O/c25-20(14-23-12-10-21-15-23)22-18-7-5-16(6-8-18)13-24-11-9-17-3-1-2-4-19(17)24/h1-8,10,12,15H,9,11,13-14H2,(H,22,25). The first-order chi connectivity index (χ1) is 12.3. The Morgan fingerprint density at radius 3 is 2.76 bits per heavy atom. The summed E-state index contributed by atoms with van der Waals surface area (Å²) in [5, 5.41) is 2.92. The van der Waals surface area contributed by atoms with Crippen LogP contribution in [-0.4, -0.2) is 22.0 Å². The maximum atomic E-state index is 12.0. The number of amides is 1. The van der Waals surface area contributed by atoms with Crippen LogP contribution in [0.15, 0.2) is 67.3 Å². The Balaban J connectivity index is 1.37. The van der Waals surface area contributed by atoms with E-state index in [0.717, 1.165) is 25.2 Å². The van der Waals surface area contributed by atoms with Gasteiger partial charge < -0.3 is 14.8 Å². The van der Waals surface area contributed by atoms with Crippen LogP contribution >= 0.6 is 0 Å². The number of anilines is 2. The van der Waals surface area contributed by atoms with Gasteiger partial charge in [0.2, 0.25) is 5.91 Å². The Labute approximate surface area is 146 Å². The first-order valence-electron chi connectivity index (χ1n) is 8.45. The van der Waals surface area contributed by atoms with Crippen LogP contribution < -0.4 is 10.2 Å². The highest BCUT2D eigenvalue weighted by atomic mass is 16.1. The second kappa shape index (κ2) is 6.81. The molecule has 0 unspecified atom stereocenters. The van der Waals surface area contributed by atoms with Crippen LogP contribution in [0.4, 0.5) is 11.4 Å². The summed E-state index contributed by atoms with van der Waals surface area (Å²) in [6.07, 6.45) is 6.18. The van der Waals surface area contributed by atoms with E-state index in [1.165, 1.54) is 16.8 Å². The second-order valence-corrected chi connectivity index (χ2v) is 6.28. The van der Waals surface area contributed by atoms with E-state index >= 15 is 0 Å². The fourth-order valence-corrected chi connectivity index (χ4v) is 3.23. The number of para-hydroxylation sites is 1. The number of nitrogens with zero attached hydrogens (tertiary/aromatic N) is 3. The molecule has 1 aliphatic heterocycles. The summed E-state index contributed by atoms with van der Waals surface area (Å²) in [5.74, 6) is -0.0563. The molecule has 1 aliphatic rings. The van der Waals surface area contributed by atoms with Crippen molar-refractivity contribution in [3.8, 4) is 0 Å². The lowest BCUT2D eigenvalue weighted by Gasteiger charge is -2.19. The van der Waals surface area contributed by atoms with Gasteiger partial charge in [-0.2, -0.15) is 0 Å². The molecule has 1 N–H and O–H groups in total. The van der Waals surface area contributed by atoms with Gasteiger partial charge in [-0.1, -0.05) is 30.3 Å². The van der Waals surface area contributed by atoms with Gasteiger partial charge in [-0.25, -0.2) is 4.98 Å². The number of imidazole rings is 1. The van der Waals surface area contributed by atoms with Crippen LogP contribution in [0.3, 0.4) is 0 Å². The van der Waals surface area contributed by atoms with E-state index in [1.54, 1.807) is 23.3 Å². The van der Waals surface area contributed by atoms with Crippen molar-refractivity contribution in [3.05, 3.63) is 78.4 Å². The molecule has 0 spiro atoms. The molecule has 2 aromatic carbocycles. The molecule has 5 heteroatoms. The molecule has 4 rings (SSSR count). The molecule has 0 aliphatic carbocycles. The molecule has 0 saturated carbocycles. The number of nitrogens with one attached hydrogen (secondary N) is 1. The molecule has 0 bridgehead atoms. The number of rotatable bonds is 5. The summed E-state index contributed by atoms with van der Waals surface area (Å²) < 4.78 is 1.74. The number of hydrogen-bond donors (Lipinski definition) is 1. The van der Waals surface area contributed by atoms with Crippen molar-refractivity contribution in [2.24, 2.45) is 0 Å². The van der Waals surface area contributed by atoms with Gasteiger partial charge in [-0.3, -0.25) is 4.79 Å². The van der Waals surface area contributed by atoms with Crippen molar-refractivity contribution < 1.29 is 4.79 Å². The second-order valence-electron chi connectivity index (χ2n) is 6.28. The van der Waals surface area contributed by atoms with E-state index in [0.29, 0.717) is 0 Å². The molecule has 0 atom stereocenters. The molecular weight excluding hydrogens is 312 g/mol. The summed E-state index contributed by atoms with van der Waals surface area (Å²) in [5.41, 5.74) is 4.81. The number of aromatic nitrogens is 2. The molecule has 1 aromatic heterocycles. The van der Waals surface area contributed by atoms with E-state index in [4.69, 9.17) is 0 Å². The molecule has 2 heterocycles. The first-order valence-corrected chi connectivity index (χ1v) is 8.45. The fourth-order valence-electron chi connectivity index (χ4n) is 3.23. The molecule has 1 amide bonds. The summed E-state index contributed by atoms with van der Waals surface area (Å²) >= 11 is 0. The van der Waals surface area contributed by atoms with Crippen molar-refractivity contribution in [2.45, 2.75) is 19.5 Å². The van der Waals surface area contributed by atoms with Crippen molar-refractivity contribution in [1.82, 2.24) is 9.55 Å². The van der Waals surface area contributed by atoms with Crippen molar-refractivity contribution in [3.63, 3.8) is 0 Å². The smallest absolute Gasteiger partial charge is 0.244 e. The molecular formula is C20H20N4O. The minimum Gasteiger partial charge on any atom is -0.367 e. The maximum Gasteiger partial charge on any atom is 0.244 e. The van der Waals surface area contributed by atoms with Gasteiger partial charge in [-0.05, 0) is 35.7 Å². The lowest BCUT2D eigenvalue weighted by Crippen LogP contribution is -2.20. The lowest BCUT2D eigenvalue weighted by molar-refractivity contribution is -0.116. The van der Waals surface area contributed by atoms with Crippen molar-refractivity contribution in [1.29, 1.82) is 0 Å². The van der Waals surface area contributed by atoms with Crippen LogP contribution in [-0.2, 0) is 24.3 Å². The minimum absolute atomic E-state index is 0.0563. The van der Waals surface area contributed by atoms with Crippen molar-refractivity contribution in [2.75, 3.05) is 16.8 Å². The molecule has 126 valence electrons. The van der Waals surface area contributed by atoms with E-state index < -0.39 is 0 Å². The Morgan fingerprint density at radius 1 is 1.12 bits per heavy atom. The maximum absolute atomic E-state index is 12.0.